The number of carboxylic acids is 1. The largest absolute Gasteiger partial charge is 0.481 e. The standard InChI is InChI=1S/C15H20Cl2N2O3/c1-9(15(21)22)7-19(3)8-14(20)18-10(2)11-4-5-12(16)13(17)6-11/h4-6,9-10H,7-8H2,1-3H3,(H,18,20)(H,21,22). The Balaban J connectivity index is 2.53. The number of hydrogen-bond donors (Lipinski definition) is 2. The number of nitrogens with one attached hydrogen (secondary N) is 1. The highest BCUT2D eigenvalue weighted by molar-refractivity contribution is 6.42. The Morgan fingerprint density at radius 1 is 1.27 bits per heavy atom. The fourth-order valence-corrected chi connectivity index (χ4v) is 2.31. The van der Waals surface area contributed by atoms with E-state index in [1.165, 1.54) is 0 Å². The van der Waals surface area contributed by atoms with Crippen LogP contribution in [-0.2, 0) is 9.59 Å². The van der Waals surface area contributed by atoms with Gasteiger partial charge >= 0.3 is 5.97 Å². The number of halogens is 2. The van der Waals surface area contributed by atoms with Gasteiger partial charge in [0.2, 0.25) is 5.91 Å². The molecule has 1 amide bonds. The van der Waals surface area contributed by atoms with Crippen molar-refractivity contribution in [3.63, 3.8) is 0 Å². The average Bonchev–Trinajstić information content (AvgIpc) is 2.41. The lowest BCUT2D eigenvalue weighted by molar-refractivity contribution is -0.142. The smallest absolute Gasteiger partial charge is 0.307 e. The van der Waals surface area contributed by atoms with Crippen LogP contribution in [0.4, 0.5) is 0 Å². The average molecular weight is 347 g/mol. The zero-order chi connectivity index (χ0) is 16.9. The molecule has 2 unspecified atom stereocenters. The quantitative estimate of drug-likeness (QED) is 0.796. The lowest BCUT2D eigenvalue weighted by Crippen LogP contribution is -2.39. The zero-order valence-corrected chi connectivity index (χ0v) is 14.3. The van der Waals surface area contributed by atoms with Crippen molar-refractivity contribution in [2.24, 2.45) is 5.92 Å². The van der Waals surface area contributed by atoms with Gasteiger partial charge in [-0.15, -0.1) is 0 Å². The molecule has 2 atom stereocenters. The molecule has 0 saturated heterocycles. The summed E-state index contributed by atoms with van der Waals surface area (Å²) in [5.74, 6) is -1.58. The number of carboxylic acid groups (broad SMARTS) is 1. The van der Waals surface area contributed by atoms with E-state index in [0.29, 0.717) is 16.6 Å². The van der Waals surface area contributed by atoms with Gasteiger partial charge in [0.1, 0.15) is 0 Å². The van der Waals surface area contributed by atoms with E-state index in [1.807, 2.05) is 6.92 Å². The topological polar surface area (TPSA) is 69.6 Å². The summed E-state index contributed by atoms with van der Waals surface area (Å²) in [5, 5.41) is 12.6. The van der Waals surface area contributed by atoms with Crippen molar-refractivity contribution < 1.29 is 14.7 Å². The van der Waals surface area contributed by atoms with Gasteiger partial charge in [-0.1, -0.05) is 36.2 Å². The molecule has 1 aromatic carbocycles. The van der Waals surface area contributed by atoms with Gasteiger partial charge < -0.3 is 10.4 Å². The summed E-state index contributed by atoms with van der Waals surface area (Å²) >= 11 is 11.8. The van der Waals surface area contributed by atoms with E-state index < -0.39 is 11.9 Å². The Bertz CT molecular complexity index is 552. The maximum atomic E-state index is 12.0. The van der Waals surface area contributed by atoms with Crippen LogP contribution in [0.3, 0.4) is 0 Å². The van der Waals surface area contributed by atoms with Gasteiger partial charge in [0.15, 0.2) is 0 Å². The van der Waals surface area contributed by atoms with Crippen LogP contribution >= 0.6 is 23.2 Å². The highest BCUT2D eigenvalue weighted by Gasteiger charge is 2.17. The molecule has 22 heavy (non-hydrogen) atoms. The summed E-state index contributed by atoms with van der Waals surface area (Å²) in [4.78, 5) is 24.4. The molecule has 0 aromatic heterocycles. The predicted molar refractivity (Wildman–Crippen MR) is 87.3 cm³/mol. The first-order chi connectivity index (χ1) is 10.2. The Labute approximate surface area is 140 Å². The van der Waals surface area contributed by atoms with Crippen molar-refractivity contribution in [2.75, 3.05) is 20.1 Å². The van der Waals surface area contributed by atoms with Crippen LogP contribution in [-0.4, -0.2) is 42.0 Å². The van der Waals surface area contributed by atoms with Gasteiger partial charge in [-0.2, -0.15) is 0 Å². The lowest BCUT2D eigenvalue weighted by atomic mass is 10.1. The fraction of sp³-hybridized carbons (Fsp3) is 0.467. The third-order valence-electron chi connectivity index (χ3n) is 3.24. The number of amides is 1. The molecule has 1 rings (SSSR count). The first-order valence-electron chi connectivity index (χ1n) is 6.86. The third kappa shape index (κ3) is 5.83. The second kappa shape index (κ2) is 8.36. The van der Waals surface area contributed by atoms with Crippen LogP contribution in [0, 0.1) is 5.92 Å². The van der Waals surface area contributed by atoms with E-state index in [9.17, 15) is 9.59 Å². The maximum absolute atomic E-state index is 12.0. The highest BCUT2D eigenvalue weighted by atomic mass is 35.5. The van der Waals surface area contributed by atoms with E-state index >= 15 is 0 Å². The van der Waals surface area contributed by atoms with E-state index in [-0.39, 0.29) is 18.5 Å². The number of nitrogens with zero attached hydrogens (tertiary/aromatic N) is 1. The number of benzene rings is 1. The minimum Gasteiger partial charge on any atom is -0.481 e. The number of hydrogen-bond acceptors (Lipinski definition) is 3. The van der Waals surface area contributed by atoms with Crippen LogP contribution in [0.1, 0.15) is 25.5 Å². The molecule has 0 aliphatic heterocycles. The van der Waals surface area contributed by atoms with E-state index in [2.05, 4.69) is 5.32 Å². The molecule has 0 heterocycles. The number of aliphatic carboxylic acids is 1. The van der Waals surface area contributed by atoms with Gasteiger partial charge in [-0.3, -0.25) is 14.5 Å². The first-order valence-corrected chi connectivity index (χ1v) is 7.62. The Morgan fingerprint density at radius 2 is 1.91 bits per heavy atom. The molecular formula is C15H20Cl2N2O3. The summed E-state index contributed by atoms with van der Waals surface area (Å²) in [6.07, 6.45) is 0. The Kier molecular flexibility index (Phi) is 7.13. The second-order valence-electron chi connectivity index (χ2n) is 5.40. The van der Waals surface area contributed by atoms with E-state index in [1.54, 1.807) is 37.1 Å². The van der Waals surface area contributed by atoms with Gasteiger partial charge in [-0.25, -0.2) is 0 Å². The summed E-state index contributed by atoms with van der Waals surface area (Å²) in [6.45, 7) is 3.89. The molecule has 0 radical (unpaired) electrons. The van der Waals surface area contributed by atoms with Gasteiger partial charge in [0.05, 0.1) is 28.5 Å². The zero-order valence-electron chi connectivity index (χ0n) is 12.8. The summed E-state index contributed by atoms with van der Waals surface area (Å²) in [6, 6.07) is 4.98. The van der Waals surface area contributed by atoms with Crippen molar-refractivity contribution >= 4 is 35.1 Å². The van der Waals surface area contributed by atoms with Gasteiger partial charge in [-0.05, 0) is 31.7 Å². The van der Waals surface area contributed by atoms with E-state index in [4.69, 9.17) is 28.3 Å². The van der Waals surface area contributed by atoms with Gasteiger partial charge in [0.25, 0.3) is 0 Å². The van der Waals surface area contributed by atoms with Crippen molar-refractivity contribution in [1.82, 2.24) is 10.2 Å². The highest BCUT2D eigenvalue weighted by Crippen LogP contribution is 2.25. The molecule has 0 fully saturated rings. The third-order valence-corrected chi connectivity index (χ3v) is 3.98. The molecular weight excluding hydrogens is 327 g/mol. The lowest BCUT2D eigenvalue weighted by Gasteiger charge is -2.20. The molecule has 7 heteroatoms. The van der Waals surface area contributed by atoms with Crippen molar-refractivity contribution in [2.45, 2.75) is 19.9 Å². The van der Waals surface area contributed by atoms with Crippen molar-refractivity contribution in [1.29, 1.82) is 0 Å². The van der Waals surface area contributed by atoms with Crippen LogP contribution in [0.15, 0.2) is 18.2 Å². The summed E-state index contributed by atoms with van der Waals surface area (Å²) in [5.41, 5.74) is 0.851. The van der Waals surface area contributed by atoms with E-state index in [0.717, 1.165) is 5.56 Å². The monoisotopic (exact) mass is 346 g/mol. The fourth-order valence-electron chi connectivity index (χ4n) is 2.01. The SMILES string of the molecule is CC(CN(C)CC(=O)NC(C)c1ccc(Cl)c(Cl)c1)C(=O)O. The number of carbonyl (C=O) groups is 2. The number of rotatable bonds is 7. The van der Waals surface area contributed by atoms with Gasteiger partial charge in [0, 0.05) is 6.54 Å². The number of likely N-dealkylation sites (N-methyl/N-ethyl adjacent to an activating group) is 1. The van der Waals surface area contributed by atoms with Crippen LogP contribution in [0.2, 0.25) is 10.0 Å². The molecule has 0 aliphatic carbocycles. The normalized spacial score (nSPS) is 13.7. The summed E-state index contributed by atoms with van der Waals surface area (Å²) in [7, 11) is 1.71. The summed E-state index contributed by atoms with van der Waals surface area (Å²) < 4.78 is 0. The Morgan fingerprint density at radius 3 is 2.45 bits per heavy atom. The van der Waals surface area contributed by atoms with Crippen LogP contribution < -0.4 is 5.32 Å². The number of carbonyl (C=O) groups excluding carboxylic acids is 1. The minimum absolute atomic E-state index is 0.128. The molecule has 0 bridgehead atoms. The van der Waals surface area contributed by atoms with Crippen LogP contribution in [0.25, 0.3) is 0 Å². The second-order valence-corrected chi connectivity index (χ2v) is 6.21. The van der Waals surface area contributed by atoms with Crippen molar-refractivity contribution in [3.8, 4) is 0 Å². The first kappa shape index (κ1) is 18.7. The van der Waals surface area contributed by atoms with Crippen molar-refractivity contribution in [3.05, 3.63) is 33.8 Å². The molecule has 5 nitrogen and oxygen atoms in total. The Hall–Kier alpha value is -1.30. The minimum atomic E-state index is -0.878. The molecule has 0 aliphatic rings. The van der Waals surface area contributed by atoms with Crippen LogP contribution in [0.5, 0.6) is 0 Å². The molecule has 0 saturated carbocycles. The molecule has 122 valence electrons. The molecule has 1 aromatic rings. The predicted octanol–water partition coefficient (Wildman–Crippen LogP) is 2.82. The maximum Gasteiger partial charge on any atom is 0.307 e. The molecule has 0 spiro atoms. The molecule has 2 N–H and O–H groups in total.